The molecular formula is C16H22F2N2O. The molecule has 1 aromatic carbocycles. The topological polar surface area (TPSA) is 46.3 Å². The molecule has 0 aliphatic heterocycles. The van der Waals surface area contributed by atoms with Crippen molar-refractivity contribution in [1.82, 2.24) is 4.90 Å². The Bertz CT molecular complexity index is 507. The van der Waals surface area contributed by atoms with Crippen LogP contribution in [-0.2, 0) is 11.2 Å². The summed E-state index contributed by atoms with van der Waals surface area (Å²) in [6.45, 7) is 0.577. The van der Waals surface area contributed by atoms with Crippen LogP contribution in [0.15, 0.2) is 18.2 Å². The fraction of sp³-hybridized carbons (Fsp3) is 0.562. The van der Waals surface area contributed by atoms with Gasteiger partial charge in [0, 0.05) is 13.1 Å². The minimum absolute atomic E-state index is 0.0774. The quantitative estimate of drug-likeness (QED) is 0.928. The van der Waals surface area contributed by atoms with Gasteiger partial charge in [0.1, 0.15) is 0 Å². The summed E-state index contributed by atoms with van der Waals surface area (Å²) < 4.78 is 26.1. The normalized spacial score (nSPS) is 22.1. The Balaban J connectivity index is 2.02. The fourth-order valence-electron chi connectivity index (χ4n) is 3.11. The third kappa shape index (κ3) is 3.79. The van der Waals surface area contributed by atoms with Crippen molar-refractivity contribution in [3.8, 4) is 0 Å². The summed E-state index contributed by atoms with van der Waals surface area (Å²) in [6, 6.07) is 3.75. The summed E-state index contributed by atoms with van der Waals surface area (Å²) in [6.07, 6.45) is 4.35. The van der Waals surface area contributed by atoms with Crippen LogP contribution in [0, 0.1) is 17.6 Å². The summed E-state index contributed by atoms with van der Waals surface area (Å²) >= 11 is 0. The monoisotopic (exact) mass is 296 g/mol. The Kier molecular flexibility index (Phi) is 5.28. The molecule has 0 bridgehead atoms. The number of hydrogen-bond donors (Lipinski definition) is 1. The molecule has 0 aromatic heterocycles. The van der Waals surface area contributed by atoms with Gasteiger partial charge in [-0.05, 0) is 43.0 Å². The second kappa shape index (κ2) is 6.98. The maximum absolute atomic E-state index is 13.2. The van der Waals surface area contributed by atoms with Gasteiger partial charge in [0.05, 0.1) is 6.42 Å². The Morgan fingerprint density at radius 1 is 1.29 bits per heavy atom. The molecule has 2 atom stereocenters. The van der Waals surface area contributed by atoms with E-state index >= 15 is 0 Å². The lowest BCUT2D eigenvalue weighted by atomic mass is 9.83. The Labute approximate surface area is 124 Å². The lowest BCUT2D eigenvalue weighted by molar-refractivity contribution is -0.132. The van der Waals surface area contributed by atoms with E-state index in [4.69, 9.17) is 5.73 Å². The number of amides is 1. The van der Waals surface area contributed by atoms with Crippen LogP contribution in [0.2, 0.25) is 0 Å². The number of halogens is 2. The maximum atomic E-state index is 13.2. The average molecular weight is 296 g/mol. The molecule has 1 aliphatic carbocycles. The molecule has 2 N–H and O–H groups in total. The predicted octanol–water partition coefficient (Wildman–Crippen LogP) is 2.48. The highest BCUT2D eigenvalue weighted by atomic mass is 19.2. The second-order valence-electron chi connectivity index (χ2n) is 5.78. The Morgan fingerprint density at radius 2 is 2.00 bits per heavy atom. The van der Waals surface area contributed by atoms with Gasteiger partial charge in [0.15, 0.2) is 11.6 Å². The molecule has 2 unspecified atom stereocenters. The van der Waals surface area contributed by atoms with Gasteiger partial charge in [0.25, 0.3) is 0 Å². The van der Waals surface area contributed by atoms with Gasteiger partial charge < -0.3 is 10.6 Å². The fourth-order valence-corrected chi connectivity index (χ4v) is 3.11. The molecule has 0 heterocycles. The molecule has 3 nitrogen and oxygen atoms in total. The van der Waals surface area contributed by atoms with Crippen LogP contribution in [-0.4, -0.2) is 30.4 Å². The highest BCUT2D eigenvalue weighted by Crippen LogP contribution is 2.27. The van der Waals surface area contributed by atoms with Crippen molar-refractivity contribution < 1.29 is 13.6 Å². The molecule has 0 radical (unpaired) electrons. The number of nitrogens with two attached hydrogens (primary N) is 1. The number of carbonyl (C=O) groups excluding carboxylic acids is 1. The van der Waals surface area contributed by atoms with Crippen molar-refractivity contribution in [1.29, 1.82) is 0 Å². The van der Waals surface area contributed by atoms with Gasteiger partial charge in [-0.25, -0.2) is 8.78 Å². The zero-order valence-corrected chi connectivity index (χ0v) is 12.3. The van der Waals surface area contributed by atoms with Crippen molar-refractivity contribution in [2.45, 2.75) is 38.1 Å². The predicted molar refractivity (Wildman–Crippen MR) is 77.6 cm³/mol. The Morgan fingerprint density at radius 3 is 2.67 bits per heavy atom. The van der Waals surface area contributed by atoms with Crippen LogP contribution in [0.3, 0.4) is 0 Å². The number of nitrogens with zero attached hydrogens (tertiary/aromatic N) is 1. The van der Waals surface area contributed by atoms with Crippen molar-refractivity contribution in [3.05, 3.63) is 35.4 Å². The summed E-state index contributed by atoms with van der Waals surface area (Å²) in [7, 11) is 1.78. The van der Waals surface area contributed by atoms with Gasteiger partial charge in [0.2, 0.25) is 5.91 Å². The third-order valence-electron chi connectivity index (χ3n) is 4.40. The van der Waals surface area contributed by atoms with E-state index in [0.717, 1.165) is 37.8 Å². The van der Waals surface area contributed by atoms with E-state index in [2.05, 4.69) is 0 Å². The first-order valence-electron chi connectivity index (χ1n) is 7.42. The summed E-state index contributed by atoms with van der Waals surface area (Å²) in [5, 5.41) is 0. The molecule has 1 aromatic rings. The summed E-state index contributed by atoms with van der Waals surface area (Å²) in [5.41, 5.74) is 6.28. The minimum atomic E-state index is -0.916. The van der Waals surface area contributed by atoms with Crippen LogP contribution in [0.4, 0.5) is 8.78 Å². The summed E-state index contributed by atoms with van der Waals surface area (Å²) in [5.74, 6) is -1.56. The van der Waals surface area contributed by atoms with Crippen molar-refractivity contribution in [2.75, 3.05) is 13.6 Å². The molecule has 116 valence electrons. The maximum Gasteiger partial charge on any atom is 0.226 e. The number of hydrogen-bond acceptors (Lipinski definition) is 2. The minimum Gasteiger partial charge on any atom is -0.342 e. The number of carbonyl (C=O) groups is 1. The van der Waals surface area contributed by atoms with Gasteiger partial charge in [-0.3, -0.25) is 4.79 Å². The lowest BCUT2D eigenvalue weighted by Crippen LogP contribution is -2.46. The zero-order chi connectivity index (χ0) is 15.4. The lowest BCUT2D eigenvalue weighted by Gasteiger charge is -2.37. The number of rotatable bonds is 4. The van der Waals surface area contributed by atoms with Crippen LogP contribution in [0.5, 0.6) is 0 Å². The first kappa shape index (κ1) is 15.9. The molecule has 2 rings (SSSR count). The van der Waals surface area contributed by atoms with E-state index in [0.29, 0.717) is 18.0 Å². The van der Waals surface area contributed by atoms with Crippen molar-refractivity contribution >= 4 is 5.91 Å². The molecule has 0 saturated heterocycles. The molecule has 1 aliphatic rings. The SMILES string of the molecule is CN(C(=O)Cc1ccc(F)c(F)c1)C1CCCCC1CN. The summed E-state index contributed by atoms with van der Waals surface area (Å²) in [4.78, 5) is 14.1. The van der Waals surface area contributed by atoms with E-state index in [-0.39, 0.29) is 18.4 Å². The van der Waals surface area contributed by atoms with Crippen LogP contribution >= 0.6 is 0 Å². The number of benzene rings is 1. The van der Waals surface area contributed by atoms with E-state index in [1.54, 1.807) is 11.9 Å². The van der Waals surface area contributed by atoms with Crippen molar-refractivity contribution in [2.24, 2.45) is 11.7 Å². The highest BCUT2D eigenvalue weighted by Gasteiger charge is 2.29. The largest absolute Gasteiger partial charge is 0.342 e. The molecule has 1 fully saturated rings. The molecular weight excluding hydrogens is 274 g/mol. The molecule has 21 heavy (non-hydrogen) atoms. The van der Waals surface area contributed by atoms with E-state index in [1.165, 1.54) is 6.07 Å². The Hall–Kier alpha value is -1.49. The van der Waals surface area contributed by atoms with E-state index < -0.39 is 11.6 Å². The van der Waals surface area contributed by atoms with Gasteiger partial charge in [-0.15, -0.1) is 0 Å². The second-order valence-corrected chi connectivity index (χ2v) is 5.78. The first-order chi connectivity index (χ1) is 10.0. The molecule has 0 spiro atoms. The number of likely N-dealkylation sites (N-methyl/N-ethyl adjacent to an activating group) is 1. The van der Waals surface area contributed by atoms with Crippen molar-refractivity contribution in [3.63, 3.8) is 0 Å². The van der Waals surface area contributed by atoms with Crippen LogP contribution in [0.25, 0.3) is 0 Å². The van der Waals surface area contributed by atoms with Gasteiger partial charge in [-0.1, -0.05) is 18.9 Å². The zero-order valence-electron chi connectivity index (χ0n) is 12.3. The van der Waals surface area contributed by atoms with Crippen LogP contribution < -0.4 is 5.73 Å². The van der Waals surface area contributed by atoms with Crippen LogP contribution in [0.1, 0.15) is 31.2 Å². The van der Waals surface area contributed by atoms with E-state index in [9.17, 15) is 13.6 Å². The molecule has 5 heteroatoms. The highest BCUT2D eigenvalue weighted by molar-refractivity contribution is 5.78. The average Bonchev–Trinajstić information content (AvgIpc) is 2.50. The van der Waals surface area contributed by atoms with E-state index in [1.807, 2.05) is 0 Å². The smallest absolute Gasteiger partial charge is 0.226 e. The third-order valence-corrected chi connectivity index (χ3v) is 4.40. The first-order valence-corrected chi connectivity index (χ1v) is 7.42. The molecule has 1 amide bonds. The standard InChI is InChI=1S/C16H22F2N2O/c1-20(15-5-3-2-4-12(15)10-19)16(21)9-11-6-7-13(17)14(18)8-11/h6-8,12,15H,2-5,9-10,19H2,1H3. The van der Waals surface area contributed by atoms with Gasteiger partial charge >= 0.3 is 0 Å². The van der Waals surface area contributed by atoms with Gasteiger partial charge in [-0.2, -0.15) is 0 Å². The molecule has 1 saturated carbocycles.